The standard InChI is InChI=1S/C19H20O3/c1-13-10-19(20)22-18-11-16(8-9-17(13)18)21-12-14(2)15-6-4-3-5-7-15/h3-9,11,13-14H,10,12H2,1-2H3. The predicted octanol–water partition coefficient (Wildman–Crippen LogP) is 4.28. The van der Waals surface area contributed by atoms with Crippen LogP contribution in [0.25, 0.3) is 0 Å². The van der Waals surface area contributed by atoms with Crippen molar-refractivity contribution in [2.24, 2.45) is 0 Å². The van der Waals surface area contributed by atoms with E-state index < -0.39 is 0 Å². The van der Waals surface area contributed by atoms with Crippen molar-refractivity contribution in [3.8, 4) is 11.5 Å². The van der Waals surface area contributed by atoms with Crippen LogP contribution in [0.2, 0.25) is 0 Å². The Bertz CT molecular complexity index is 664. The average Bonchev–Trinajstić information content (AvgIpc) is 2.53. The van der Waals surface area contributed by atoms with Crippen LogP contribution >= 0.6 is 0 Å². The topological polar surface area (TPSA) is 35.5 Å². The summed E-state index contributed by atoms with van der Waals surface area (Å²) in [7, 11) is 0. The number of ether oxygens (including phenoxy) is 2. The molecule has 2 aromatic rings. The summed E-state index contributed by atoms with van der Waals surface area (Å²) in [6, 6.07) is 16.0. The van der Waals surface area contributed by atoms with E-state index in [1.165, 1.54) is 5.56 Å². The van der Waals surface area contributed by atoms with Crippen molar-refractivity contribution in [3.05, 3.63) is 59.7 Å². The van der Waals surface area contributed by atoms with Crippen LogP contribution < -0.4 is 9.47 Å². The first-order valence-electron chi connectivity index (χ1n) is 7.66. The Kier molecular flexibility index (Phi) is 4.14. The van der Waals surface area contributed by atoms with Crippen LogP contribution in [0.15, 0.2) is 48.5 Å². The molecule has 1 aliphatic heterocycles. The zero-order valence-electron chi connectivity index (χ0n) is 12.9. The third kappa shape index (κ3) is 3.14. The molecule has 0 amide bonds. The number of carbonyl (C=O) groups is 1. The third-order valence-electron chi connectivity index (χ3n) is 4.08. The van der Waals surface area contributed by atoms with Crippen LogP contribution in [0.5, 0.6) is 11.5 Å². The molecule has 2 unspecified atom stereocenters. The Hall–Kier alpha value is -2.29. The fourth-order valence-corrected chi connectivity index (χ4v) is 2.72. The molecule has 3 rings (SSSR count). The number of fused-ring (bicyclic) bond motifs is 1. The van der Waals surface area contributed by atoms with E-state index in [1.54, 1.807) is 0 Å². The molecule has 0 fully saturated rings. The molecule has 22 heavy (non-hydrogen) atoms. The second-order valence-electron chi connectivity index (χ2n) is 5.90. The number of esters is 1. The molecular weight excluding hydrogens is 276 g/mol. The van der Waals surface area contributed by atoms with Crippen molar-refractivity contribution < 1.29 is 14.3 Å². The first-order valence-corrected chi connectivity index (χ1v) is 7.66. The lowest BCUT2D eigenvalue weighted by Crippen LogP contribution is -2.18. The van der Waals surface area contributed by atoms with E-state index in [2.05, 4.69) is 19.1 Å². The van der Waals surface area contributed by atoms with Crippen LogP contribution in [0.1, 0.15) is 43.2 Å². The van der Waals surface area contributed by atoms with E-state index in [-0.39, 0.29) is 11.9 Å². The summed E-state index contributed by atoms with van der Waals surface area (Å²) in [5.74, 6) is 1.71. The summed E-state index contributed by atoms with van der Waals surface area (Å²) < 4.78 is 11.2. The molecule has 114 valence electrons. The van der Waals surface area contributed by atoms with E-state index in [1.807, 2.05) is 43.3 Å². The average molecular weight is 296 g/mol. The molecule has 0 spiro atoms. The Morgan fingerprint density at radius 2 is 2.00 bits per heavy atom. The first kappa shape index (κ1) is 14.6. The van der Waals surface area contributed by atoms with Gasteiger partial charge in [0.15, 0.2) is 0 Å². The van der Waals surface area contributed by atoms with Gasteiger partial charge in [0, 0.05) is 12.0 Å². The van der Waals surface area contributed by atoms with Crippen molar-refractivity contribution in [1.29, 1.82) is 0 Å². The number of rotatable bonds is 4. The molecule has 1 heterocycles. The van der Waals surface area contributed by atoms with Gasteiger partial charge in [-0.05, 0) is 23.1 Å². The van der Waals surface area contributed by atoms with Gasteiger partial charge in [0.25, 0.3) is 0 Å². The van der Waals surface area contributed by atoms with Gasteiger partial charge in [0.2, 0.25) is 0 Å². The predicted molar refractivity (Wildman–Crippen MR) is 85.5 cm³/mol. The van der Waals surface area contributed by atoms with Gasteiger partial charge in [-0.3, -0.25) is 4.79 Å². The van der Waals surface area contributed by atoms with Crippen molar-refractivity contribution in [2.45, 2.75) is 32.1 Å². The minimum absolute atomic E-state index is 0.171. The zero-order chi connectivity index (χ0) is 15.5. The SMILES string of the molecule is CC(COc1ccc2c(c1)OC(=O)CC2C)c1ccccc1. The second-order valence-corrected chi connectivity index (χ2v) is 5.90. The van der Waals surface area contributed by atoms with Crippen molar-refractivity contribution in [1.82, 2.24) is 0 Å². The van der Waals surface area contributed by atoms with Crippen LogP contribution in [-0.2, 0) is 4.79 Å². The normalized spacial score (nSPS) is 18.3. The summed E-state index contributed by atoms with van der Waals surface area (Å²) in [4.78, 5) is 11.5. The van der Waals surface area contributed by atoms with Crippen LogP contribution in [0.4, 0.5) is 0 Å². The maximum Gasteiger partial charge on any atom is 0.311 e. The minimum atomic E-state index is -0.171. The van der Waals surface area contributed by atoms with E-state index >= 15 is 0 Å². The van der Waals surface area contributed by atoms with E-state index in [9.17, 15) is 4.79 Å². The summed E-state index contributed by atoms with van der Waals surface area (Å²) in [5, 5.41) is 0. The van der Waals surface area contributed by atoms with Crippen molar-refractivity contribution >= 4 is 5.97 Å². The molecule has 0 aliphatic carbocycles. The lowest BCUT2D eigenvalue weighted by Gasteiger charge is -2.22. The van der Waals surface area contributed by atoms with Gasteiger partial charge in [0.05, 0.1) is 13.0 Å². The quantitative estimate of drug-likeness (QED) is 0.624. The highest BCUT2D eigenvalue weighted by Crippen LogP contribution is 2.36. The fourth-order valence-electron chi connectivity index (χ4n) is 2.72. The molecule has 0 bridgehead atoms. The molecule has 2 atom stereocenters. The lowest BCUT2D eigenvalue weighted by molar-refractivity contribution is -0.135. The monoisotopic (exact) mass is 296 g/mol. The smallest absolute Gasteiger partial charge is 0.311 e. The van der Waals surface area contributed by atoms with Gasteiger partial charge in [-0.2, -0.15) is 0 Å². The highest BCUT2D eigenvalue weighted by molar-refractivity contribution is 5.76. The van der Waals surface area contributed by atoms with Crippen LogP contribution in [-0.4, -0.2) is 12.6 Å². The molecule has 2 aromatic carbocycles. The number of benzene rings is 2. The molecule has 0 saturated heterocycles. The second kappa shape index (κ2) is 6.22. The highest BCUT2D eigenvalue weighted by Gasteiger charge is 2.24. The summed E-state index contributed by atoms with van der Waals surface area (Å²) in [6.07, 6.45) is 0.443. The van der Waals surface area contributed by atoms with E-state index in [0.717, 1.165) is 11.3 Å². The van der Waals surface area contributed by atoms with Gasteiger partial charge < -0.3 is 9.47 Å². The van der Waals surface area contributed by atoms with Crippen LogP contribution in [0, 0.1) is 0 Å². The Morgan fingerprint density at radius 1 is 1.23 bits per heavy atom. The Balaban J connectivity index is 1.69. The van der Waals surface area contributed by atoms with Gasteiger partial charge in [-0.25, -0.2) is 0 Å². The van der Waals surface area contributed by atoms with E-state index in [4.69, 9.17) is 9.47 Å². The van der Waals surface area contributed by atoms with Crippen molar-refractivity contribution in [3.63, 3.8) is 0 Å². The minimum Gasteiger partial charge on any atom is -0.493 e. The fraction of sp³-hybridized carbons (Fsp3) is 0.316. The molecular formula is C19H20O3. The Labute approximate surface area is 130 Å². The maximum absolute atomic E-state index is 11.5. The van der Waals surface area contributed by atoms with Gasteiger partial charge >= 0.3 is 5.97 Å². The summed E-state index contributed by atoms with van der Waals surface area (Å²) in [5.41, 5.74) is 2.32. The zero-order valence-corrected chi connectivity index (χ0v) is 12.9. The molecule has 0 aromatic heterocycles. The van der Waals surface area contributed by atoms with Crippen molar-refractivity contribution in [2.75, 3.05) is 6.61 Å². The maximum atomic E-state index is 11.5. The highest BCUT2D eigenvalue weighted by atomic mass is 16.5. The number of hydrogen-bond acceptors (Lipinski definition) is 3. The number of carbonyl (C=O) groups excluding carboxylic acids is 1. The first-order chi connectivity index (χ1) is 10.6. The summed E-state index contributed by atoms with van der Waals surface area (Å²) in [6.45, 7) is 4.76. The Morgan fingerprint density at radius 3 is 2.77 bits per heavy atom. The lowest BCUT2D eigenvalue weighted by atomic mass is 9.95. The van der Waals surface area contributed by atoms with Gasteiger partial charge in [0.1, 0.15) is 11.5 Å². The van der Waals surface area contributed by atoms with Gasteiger partial charge in [-0.15, -0.1) is 0 Å². The van der Waals surface area contributed by atoms with Gasteiger partial charge in [-0.1, -0.05) is 50.2 Å². The molecule has 0 radical (unpaired) electrons. The van der Waals surface area contributed by atoms with E-state index in [0.29, 0.717) is 24.7 Å². The third-order valence-corrected chi connectivity index (χ3v) is 4.08. The summed E-state index contributed by atoms with van der Waals surface area (Å²) >= 11 is 0. The molecule has 1 aliphatic rings. The molecule has 0 N–H and O–H groups in total. The molecule has 3 nitrogen and oxygen atoms in total. The number of hydrogen-bond donors (Lipinski definition) is 0. The largest absolute Gasteiger partial charge is 0.493 e. The molecule has 0 saturated carbocycles. The van der Waals surface area contributed by atoms with Crippen LogP contribution in [0.3, 0.4) is 0 Å². The molecule has 3 heteroatoms.